The highest BCUT2D eigenvalue weighted by molar-refractivity contribution is 5.17. The SMILES string of the molecule is C=Cn1cc(CNOCC(C)C)cn1. The van der Waals surface area contributed by atoms with Gasteiger partial charge in [0.1, 0.15) is 0 Å². The van der Waals surface area contributed by atoms with Gasteiger partial charge in [0.2, 0.25) is 0 Å². The van der Waals surface area contributed by atoms with Crippen molar-refractivity contribution < 1.29 is 4.84 Å². The molecule has 0 saturated heterocycles. The molecule has 0 atom stereocenters. The molecular formula is C10H17N3O. The molecule has 0 spiro atoms. The van der Waals surface area contributed by atoms with Crippen molar-refractivity contribution in [2.75, 3.05) is 6.61 Å². The molecule has 0 aromatic carbocycles. The number of hydroxylamine groups is 1. The summed E-state index contributed by atoms with van der Waals surface area (Å²) in [7, 11) is 0. The number of hydrogen-bond donors (Lipinski definition) is 1. The second-order valence-corrected chi connectivity index (χ2v) is 3.54. The predicted molar refractivity (Wildman–Crippen MR) is 56.2 cm³/mol. The molecule has 0 bridgehead atoms. The third-order valence-electron chi connectivity index (χ3n) is 1.64. The van der Waals surface area contributed by atoms with Crippen LogP contribution in [-0.4, -0.2) is 16.4 Å². The van der Waals surface area contributed by atoms with Crippen LogP contribution in [0.5, 0.6) is 0 Å². The fourth-order valence-corrected chi connectivity index (χ4v) is 0.928. The van der Waals surface area contributed by atoms with Crippen LogP contribution in [0.2, 0.25) is 0 Å². The quantitative estimate of drug-likeness (QED) is 0.554. The Morgan fingerprint density at radius 1 is 1.71 bits per heavy atom. The minimum absolute atomic E-state index is 0.540. The molecule has 1 N–H and O–H groups in total. The molecule has 0 amide bonds. The van der Waals surface area contributed by atoms with Crippen LogP contribution in [0.15, 0.2) is 19.0 Å². The number of rotatable bonds is 6. The summed E-state index contributed by atoms with van der Waals surface area (Å²) >= 11 is 0. The van der Waals surface area contributed by atoms with Gasteiger partial charge in [0, 0.05) is 24.5 Å². The first kappa shape index (κ1) is 10.9. The molecule has 1 aromatic rings. The van der Waals surface area contributed by atoms with Crippen molar-refractivity contribution in [2.45, 2.75) is 20.4 Å². The lowest BCUT2D eigenvalue weighted by Gasteiger charge is -2.06. The summed E-state index contributed by atoms with van der Waals surface area (Å²) in [4.78, 5) is 5.23. The third-order valence-corrected chi connectivity index (χ3v) is 1.64. The van der Waals surface area contributed by atoms with Crippen LogP contribution < -0.4 is 5.48 Å². The monoisotopic (exact) mass is 195 g/mol. The van der Waals surface area contributed by atoms with Gasteiger partial charge in [-0.1, -0.05) is 20.4 Å². The Hall–Kier alpha value is -1.13. The van der Waals surface area contributed by atoms with Crippen LogP contribution in [0.3, 0.4) is 0 Å². The van der Waals surface area contributed by atoms with Crippen molar-refractivity contribution in [1.29, 1.82) is 0 Å². The summed E-state index contributed by atoms with van der Waals surface area (Å²) in [5.41, 5.74) is 3.96. The molecule has 0 radical (unpaired) electrons. The summed E-state index contributed by atoms with van der Waals surface area (Å²) in [6, 6.07) is 0. The topological polar surface area (TPSA) is 39.1 Å². The Bertz CT molecular complexity index is 281. The maximum atomic E-state index is 5.23. The first-order valence-corrected chi connectivity index (χ1v) is 4.72. The van der Waals surface area contributed by atoms with Gasteiger partial charge in [0.05, 0.1) is 12.8 Å². The molecule has 4 nitrogen and oxygen atoms in total. The molecular weight excluding hydrogens is 178 g/mol. The highest BCUT2D eigenvalue weighted by Gasteiger charge is 1.97. The van der Waals surface area contributed by atoms with Crippen LogP contribution in [0, 0.1) is 5.92 Å². The number of nitrogens with one attached hydrogen (secondary N) is 1. The van der Waals surface area contributed by atoms with Gasteiger partial charge in [-0.2, -0.15) is 10.6 Å². The summed E-state index contributed by atoms with van der Waals surface area (Å²) in [5.74, 6) is 0.540. The van der Waals surface area contributed by atoms with E-state index in [0.29, 0.717) is 12.5 Å². The normalized spacial score (nSPS) is 10.8. The average Bonchev–Trinajstić information content (AvgIpc) is 2.60. The Morgan fingerprint density at radius 2 is 2.50 bits per heavy atom. The largest absolute Gasteiger partial charge is 0.301 e. The molecule has 0 aliphatic rings. The van der Waals surface area contributed by atoms with E-state index in [1.807, 2.05) is 6.20 Å². The lowest BCUT2D eigenvalue weighted by molar-refractivity contribution is 0.0196. The van der Waals surface area contributed by atoms with Gasteiger partial charge < -0.3 is 4.84 Å². The first-order chi connectivity index (χ1) is 6.72. The fourth-order valence-electron chi connectivity index (χ4n) is 0.928. The second kappa shape index (κ2) is 5.57. The van der Waals surface area contributed by atoms with Gasteiger partial charge in [-0.15, -0.1) is 0 Å². The van der Waals surface area contributed by atoms with Crippen molar-refractivity contribution >= 4 is 6.20 Å². The average molecular weight is 195 g/mol. The lowest BCUT2D eigenvalue weighted by Crippen LogP contribution is -2.17. The van der Waals surface area contributed by atoms with Gasteiger partial charge >= 0.3 is 0 Å². The summed E-state index contributed by atoms with van der Waals surface area (Å²) in [6.07, 6.45) is 5.34. The summed E-state index contributed by atoms with van der Waals surface area (Å²) < 4.78 is 1.67. The molecule has 0 aliphatic heterocycles. The Balaban J connectivity index is 2.21. The number of aromatic nitrogens is 2. The summed E-state index contributed by atoms with van der Waals surface area (Å²) in [5, 5.41) is 4.05. The minimum Gasteiger partial charge on any atom is -0.301 e. The van der Waals surface area contributed by atoms with Gasteiger partial charge in [0.15, 0.2) is 0 Å². The van der Waals surface area contributed by atoms with Gasteiger partial charge in [-0.05, 0) is 5.92 Å². The minimum atomic E-state index is 0.540. The third kappa shape index (κ3) is 3.72. The van der Waals surface area contributed by atoms with Crippen LogP contribution in [0.4, 0.5) is 0 Å². The Morgan fingerprint density at radius 3 is 3.07 bits per heavy atom. The van der Waals surface area contributed by atoms with Crippen LogP contribution in [0.1, 0.15) is 19.4 Å². The smallest absolute Gasteiger partial charge is 0.0705 e. The van der Waals surface area contributed by atoms with Gasteiger partial charge in [-0.3, -0.25) is 0 Å². The lowest BCUT2D eigenvalue weighted by atomic mass is 10.2. The van der Waals surface area contributed by atoms with Gasteiger partial charge in [-0.25, -0.2) is 4.68 Å². The maximum Gasteiger partial charge on any atom is 0.0705 e. The molecule has 1 rings (SSSR count). The van der Waals surface area contributed by atoms with E-state index in [1.165, 1.54) is 0 Å². The van der Waals surface area contributed by atoms with E-state index in [-0.39, 0.29) is 0 Å². The van der Waals surface area contributed by atoms with Crippen molar-refractivity contribution in [3.05, 3.63) is 24.5 Å². The summed E-state index contributed by atoms with van der Waals surface area (Å²) in [6.45, 7) is 9.21. The van der Waals surface area contributed by atoms with E-state index in [2.05, 4.69) is 31.0 Å². The van der Waals surface area contributed by atoms with Crippen molar-refractivity contribution in [3.8, 4) is 0 Å². The molecule has 4 heteroatoms. The van der Waals surface area contributed by atoms with E-state index in [9.17, 15) is 0 Å². The van der Waals surface area contributed by atoms with E-state index in [1.54, 1.807) is 17.1 Å². The molecule has 1 aromatic heterocycles. The maximum absolute atomic E-state index is 5.23. The number of hydrogen-bond acceptors (Lipinski definition) is 3. The zero-order valence-corrected chi connectivity index (χ0v) is 8.73. The zero-order chi connectivity index (χ0) is 10.4. The van der Waals surface area contributed by atoms with Crippen LogP contribution >= 0.6 is 0 Å². The van der Waals surface area contributed by atoms with E-state index in [0.717, 1.165) is 12.2 Å². The predicted octanol–water partition coefficient (Wildman–Crippen LogP) is 1.66. The number of nitrogens with zero attached hydrogens (tertiary/aromatic N) is 2. The zero-order valence-electron chi connectivity index (χ0n) is 8.73. The van der Waals surface area contributed by atoms with Crippen molar-refractivity contribution in [2.24, 2.45) is 5.92 Å². The van der Waals surface area contributed by atoms with E-state index in [4.69, 9.17) is 4.84 Å². The Kier molecular flexibility index (Phi) is 4.35. The van der Waals surface area contributed by atoms with E-state index >= 15 is 0 Å². The van der Waals surface area contributed by atoms with E-state index < -0.39 is 0 Å². The van der Waals surface area contributed by atoms with Gasteiger partial charge in [0.25, 0.3) is 0 Å². The van der Waals surface area contributed by atoms with Crippen molar-refractivity contribution in [1.82, 2.24) is 15.3 Å². The molecule has 0 fully saturated rings. The molecule has 14 heavy (non-hydrogen) atoms. The van der Waals surface area contributed by atoms with Crippen molar-refractivity contribution in [3.63, 3.8) is 0 Å². The highest BCUT2D eigenvalue weighted by atomic mass is 16.6. The molecule has 0 saturated carbocycles. The van der Waals surface area contributed by atoms with Crippen LogP contribution in [0.25, 0.3) is 6.20 Å². The second-order valence-electron chi connectivity index (χ2n) is 3.54. The highest BCUT2D eigenvalue weighted by Crippen LogP contribution is 1.97. The molecule has 78 valence electrons. The molecule has 0 unspecified atom stereocenters. The first-order valence-electron chi connectivity index (χ1n) is 4.72. The molecule has 1 heterocycles. The standard InChI is InChI=1S/C10H17N3O/c1-4-13-7-10(5-11-13)6-12-14-8-9(2)3/h4-5,7,9,12H,1,6,8H2,2-3H3. The Labute approximate surface area is 84.5 Å². The van der Waals surface area contributed by atoms with Crippen LogP contribution in [-0.2, 0) is 11.4 Å². The molecule has 0 aliphatic carbocycles. The fraction of sp³-hybridized carbons (Fsp3) is 0.500.